The van der Waals surface area contributed by atoms with Crippen molar-refractivity contribution >= 4 is 29.3 Å². The largest absolute Gasteiger partial charge is 0.489 e. The Labute approximate surface area is 197 Å². The molecule has 33 heavy (non-hydrogen) atoms. The number of carbonyl (C=O) groups excluding carboxylic acids is 2. The van der Waals surface area contributed by atoms with Crippen molar-refractivity contribution in [3.63, 3.8) is 0 Å². The topological polar surface area (TPSA) is 76.7 Å². The van der Waals surface area contributed by atoms with Crippen molar-refractivity contribution in [1.29, 1.82) is 0 Å². The van der Waals surface area contributed by atoms with Gasteiger partial charge in [-0.3, -0.25) is 0 Å². The van der Waals surface area contributed by atoms with Gasteiger partial charge in [0, 0.05) is 5.02 Å². The van der Waals surface area contributed by atoms with Gasteiger partial charge < -0.3 is 20.1 Å². The van der Waals surface area contributed by atoms with Crippen molar-refractivity contribution in [2.24, 2.45) is 0 Å². The van der Waals surface area contributed by atoms with Crippen LogP contribution < -0.4 is 15.4 Å². The zero-order chi connectivity index (χ0) is 23.2. The number of esters is 1. The van der Waals surface area contributed by atoms with Gasteiger partial charge in [0.15, 0.2) is 0 Å². The average molecular weight is 463 g/mol. The number of benzene rings is 3. The highest BCUT2D eigenvalue weighted by Crippen LogP contribution is 2.32. The van der Waals surface area contributed by atoms with Gasteiger partial charge in [0.1, 0.15) is 12.4 Å². The fourth-order valence-electron chi connectivity index (χ4n) is 3.63. The number of ether oxygens (including phenoxy) is 2. The van der Waals surface area contributed by atoms with Crippen LogP contribution in [0.2, 0.25) is 5.02 Å². The van der Waals surface area contributed by atoms with Crippen molar-refractivity contribution in [2.75, 3.05) is 6.61 Å². The number of urea groups is 1. The molecule has 0 aromatic heterocycles. The Hall–Kier alpha value is -3.77. The minimum Gasteiger partial charge on any atom is -0.489 e. The quantitative estimate of drug-likeness (QED) is 0.470. The maximum absolute atomic E-state index is 12.9. The Kier molecular flexibility index (Phi) is 6.95. The van der Waals surface area contributed by atoms with Crippen LogP contribution in [0.1, 0.15) is 29.7 Å². The van der Waals surface area contributed by atoms with Gasteiger partial charge in [-0.05, 0) is 47.9 Å². The van der Waals surface area contributed by atoms with Crippen LogP contribution in [0.25, 0.3) is 5.70 Å². The normalized spacial score (nSPS) is 15.5. The van der Waals surface area contributed by atoms with Crippen LogP contribution in [-0.2, 0) is 16.1 Å². The van der Waals surface area contributed by atoms with Gasteiger partial charge in [0.2, 0.25) is 0 Å². The van der Waals surface area contributed by atoms with Crippen LogP contribution in [0.5, 0.6) is 5.75 Å². The maximum Gasteiger partial charge on any atom is 0.338 e. The van der Waals surface area contributed by atoms with Crippen molar-refractivity contribution in [2.45, 2.75) is 19.6 Å². The summed E-state index contributed by atoms with van der Waals surface area (Å²) in [5.74, 6) is 0.166. The summed E-state index contributed by atoms with van der Waals surface area (Å²) in [6.45, 7) is 2.34. The molecule has 3 aromatic rings. The van der Waals surface area contributed by atoms with Crippen LogP contribution in [0.3, 0.4) is 0 Å². The molecule has 3 aromatic carbocycles. The van der Waals surface area contributed by atoms with E-state index in [2.05, 4.69) is 10.6 Å². The van der Waals surface area contributed by atoms with E-state index in [0.717, 1.165) is 16.7 Å². The molecular weight excluding hydrogens is 440 g/mol. The van der Waals surface area contributed by atoms with Crippen LogP contribution in [0, 0.1) is 0 Å². The summed E-state index contributed by atoms with van der Waals surface area (Å²) < 4.78 is 11.2. The van der Waals surface area contributed by atoms with E-state index in [1.54, 1.807) is 19.1 Å². The van der Waals surface area contributed by atoms with Crippen LogP contribution in [0.4, 0.5) is 4.79 Å². The Balaban J connectivity index is 1.62. The predicted molar refractivity (Wildman–Crippen MR) is 127 cm³/mol. The number of halogens is 1. The molecule has 168 valence electrons. The first-order chi connectivity index (χ1) is 16.0. The van der Waals surface area contributed by atoms with Gasteiger partial charge in [0.25, 0.3) is 0 Å². The van der Waals surface area contributed by atoms with E-state index in [9.17, 15) is 9.59 Å². The first-order valence-electron chi connectivity index (χ1n) is 10.6. The molecule has 1 heterocycles. The highest BCUT2D eigenvalue weighted by molar-refractivity contribution is 6.30. The second kappa shape index (κ2) is 10.2. The van der Waals surface area contributed by atoms with E-state index in [-0.39, 0.29) is 6.61 Å². The van der Waals surface area contributed by atoms with E-state index in [1.807, 2.05) is 66.7 Å². The lowest BCUT2D eigenvalue weighted by molar-refractivity contribution is -0.138. The minimum absolute atomic E-state index is 0.224. The zero-order valence-corrected chi connectivity index (χ0v) is 18.8. The molecule has 1 aliphatic rings. The SMILES string of the molecule is CCOC(=O)C1=C(c2ccccc2)NC(=O)NC1c1ccc(OCc2cccc(Cl)c2)cc1. The third-order valence-corrected chi connectivity index (χ3v) is 5.37. The second-order valence-electron chi connectivity index (χ2n) is 7.39. The molecule has 1 unspecified atom stereocenters. The number of rotatable bonds is 7. The highest BCUT2D eigenvalue weighted by Gasteiger charge is 2.34. The molecule has 7 heteroatoms. The Morgan fingerprint density at radius 3 is 2.45 bits per heavy atom. The fraction of sp³-hybridized carbons (Fsp3) is 0.154. The van der Waals surface area contributed by atoms with Gasteiger partial charge in [-0.15, -0.1) is 0 Å². The molecule has 0 fully saturated rings. The molecule has 0 aliphatic carbocycles. The van der Waals surface area contributed by atoms with E-state index in [4.69, 9.17) is 21.1 Å². The Bertz CT molecular complexity index is 1180. The van der Waals surface area contributed by atoms with Gasteiger partial charge in [0.05, 0.1) is 23.9 Å². The second-order valence-corrected chi connectivity index (χ2v) is 7.83. The third kappa shape index (κ3) is 5.35. The zero-order valence-electron chi connectivity index (χ0n) is 18.0. The maximum atomic E-state index is 12.9. The molecule has 6 nitrogen and oxygen atoms in total. The lowest BCUT2D eigenvalue weighted by Gasteiger charge is -2.29. The molecule has 0 saturated heterocycles. The number of hydrogen-bond donors (Lipinski definition) is 2. The van der Waals surface area contributed by atoms with Gasteiger partial charge in [-0.25, -0.2) is 9.59 Å². The molecule has 1 aliphatic heterocycles. The van der Waals surface area contributed by atoms with Gasteiger partial charge >= 0.3 is 12.0 Å². The standard InChI is InChI=1S/C26H23ClN2O4/c1-2-32-25(30)22-23(18-8-4-3-5-9-18)28-26(31)29-24(22)19-11-13-21(14-12-19)33-16-17-7-6-10-20(27)15-17/h3-15,24H,2,16H2,1H3,(H2,28,29,31). The van der Waals surface area contributed by atoms with Crippen molar-refractivity contribution in [3.05, 3.63) is 106 Å². The van der Waals surface area contributed by atoms with Gasteiger partial charge in [-0.1, -0.05) is 66.2 Å². The van der Waals surface area contributed by atoms with E-state index >= 15 is 0 Å². The lowest BCUT2D eigenvalue weighted by Crippen LogP contribution is -2.45. The number of amides is 2. The summed E-state index contributed by atoms with van der Waals surface area (Å²) in [5.41, 5.74) is 3.19. The summed E-state index contributed by atoms with van der Waals surface area (Å²) in [5, 5.41) is 6.26. The first-order valence-corrected chi connectivity index (χ1v) is 10.9. The highest BCUT2D eigenvalue weighted by atomic mass is 35.5. The monoisotopic (exact) mass is 462 g/mol. The predicted octanol–water partition coefficient (Wildman–Crippen LogP) is 5.25. The summed E-state index contributed by atoms with van der Waals surface area (Å²) in [6, 6.07) is 22.9. The van der Waals surface area contributed by atoms with Crippen molar-refractivity contribution in [1.82, 2.24) is 10.6 Å². The molecule has 1 atom stereocenters. The first kappa shape index (κ1) is 22.4. The lowest BCUT2D eigenvalue weighted by atomic mass is 9.92. The van der Waals surface area contributed by atoms with E-state index in [0.29, 0.717) is 28.6 Å². The number of carbonyl (C=O) groups is 2. The summed E-state index contributed by atoms with van der Waals surface area (Å²) in [6.07, 6.45) is 0. The van der Waals surface area contributed by atoms with E-state index < -0.39 is 18.0 Å². The molecule has 2 amide bonds. The Morgan fingerprint density at radius 2 is 1.76 bits per heavy atom. The van der Waals surface area contributed by atoms with Crippen LogP contribution in [0.15, 0.2) is 84.4 Å². The summed E-state index contributed by atoms with van der Waals surface area (Å²) >= 11 is 6.03. The van der Waals surface area contributed by atoms with Crippen LogP contribution in [-0.4, -0.2) is 18.6 Å². The van der Waals surface area contributed by atoms with Gasteiger partial charge in [-0.2, -0.15) is 0 Å². The molecule has 4 rings (SSSR count). The van der Waals surface area contributed by atoms with Crippen molar-refractivity contribution < 1.29 is 19.1 Å². The summed E-state index contributed by atoms with van der Waals surface area (Å²) in [7, 11) is 0. The fourth-order valence-corrected chi connectivity index (χ4v) is 3.84. The molecule has 0 saturated carbocycles. The minimum atomic E-state index is -0.671. The Morgan fingerprint density at radius 1 is 1.00 bits per heavy atom. The molecule has 2 N–H and O–H groups in total. The molecule has 0 bridgehead atoms. The number of hydrogen-bond acceptors (Lipinski definition) is 4. The van der Waals surface area contributed by atoms with Crippen molar-refractivity contribution in [3.8, 4) is 5.75 Å². The van der Waals surface area contributed by atoms with E-state index in [1.165, 1.54) is 0 Å². The third-order valence-electron chi connectivity index (χ3n) is 5.14. The number of nitrogens with one attached hydrogen (secondary N) is 2. The average Bonchev–Trinajstić information content (AvgIpc) is 2.83. The molecular formula is C26H23ClN2O4. The summed E-state index contributed by atoms with van der Waals surface area (Å²) in [4.78, 5) is 25.4. The molecule has 0 spiro atoms. The smallest absolute Gasteiger partial charge is 0.338 e. The molecule has 0 radical (unpaired) electrons. The van der Waals surface area contributed by atoms with Crippen LogP contribution >= 0.6 is 11.6 Å².